The molecule has 2 saturated carbocycles. The van der Waals surface area contributed by atoms with E-state index in [-0.39, 0.29) is 11.9 Å². The molecule has 0 radical (unpaired) electrons. The van der Waals surface area contributed by atoms with E-state index < -0.39 is 0 Å². The van der Waals surface area contributed by atoms with Crippen LogP contribution >= 0.6 is 11.3 Å². The van der Waals surface area contributed by atoms with Crippen LogP contribution in [0.4, 0.5) is 0 Å². The van der Waals surface area contributed by atoms with Gasteiger partial charge >= 0.3 is 0 Å². The summed E-state index contributed by atoms with van der Waals surface area (Å²) in [4.78, 5) is 20.9. The standard InChI is InChI=1S/C16H23N3OS/c1-17-14-15-12(18-9-21-15)5-6-19(16(14)20)13-8-10-3-2-4-11(13)7-10/h9-11,13-14,17H,2-8H2,1H3. The van der Waals surface area contributed by atoms with Crippen molar-refractivity contribution in [2.45, 2.75) is 50.6 Å². The number of fused-ring (bicyclic) bond motifs is 3. The first-order chi connectivity index (χ1) is 10.3. The monoisotopic (exact) mass is 305 g/mol. The van der Waals surface area contributed by atoms with E-state index in [0.717, 1.165) is 35.4 Å². The van der Waals surface area contributed by atoms with Gasteiger partial charge in [0.25, 0.3) is 0 Å². The van der Waals surface area contributed by atoms with Crippen LogP contribution in [-0.2, 0) is 11.2 Å². The molecule has 5 heteroatoms. The van der Waals surface area contributed by atoms with Gasteiger partial charge in [0.15, 0.2) is 0 Å². The molecule has 0 spiro atoms. The molecular formula is C16H23N3OS. The average Bonchev–Trinajstić information content (AvgIpc) is 3.02. The van der Waals surface area contributed by atoms with Crippen molar-refractivity contribution in [3.05, 3.63) is 16.1 Å². The van der Waals surface area contributed by atoms with Gasteiger partial charge in [0.2, 0.25) is 5.91 Å². The van der Waals surface area contributed by atoms with Crippen molar-refractivity contribution < 1.29 is 4.79 Å². The van der Waals surface area contributed by atoms with E-state index in [9.17, 15) is 4.79 Å². The molecule has 0 saturated heterocycles. The quantitative estimate of drug-likeness (QED) is 0.912. The molecule has 1 aliphatic heterocycles. The first kappa shape index (κ1) is 13.7. The van der Waals surface area contributed by atoms with Crippen LogP contribution in [-0.4, -0.2) is 35.4 Å². The number of rotatable bonds is 2. The molecule has 4 rings (SSSR count). The zero-order valence-electron chi connectivity index (χ0n) is 12.5. The smallest absolute Gasteiger partial charge is 0.245 e. The Kier molecular flexibility index (Phi) is 3.50. The molecule has 1 aromatic heterocycles. The van der Waals surface area contributed by atoms with Gasteiger partial charge in [-0.25, -0.2) is 4.98 Å². The highest BCUT2D eigenvalue weighted by Gasteiger charge is 2.44. The number of thiazole rings is 1. The molecule has 4 nitrogen and oxygen atoms in total. The molecule has 1 amide bonds. The van der Waals surface area contributed by atoms with E-state index in [4.69, 9.17) is 0 Å². The third-order valence-electron chi connectivity index (χ3n) is 5.69. The van der Waals surface area contributed by atoms with E-state index in [0.29, 0.717) is 6.04 Å². The number of hydrogen-bond acceptors (Lipinski definition) is 4. The molecule has 2 bridgehead atoms. The maximum atomic E-state index is 13.1. The van der Waals surface area contributed by atoms with Gasteiger partial charge in [-0.1, -0.05) is 12.8 Å². The number of carbonyl (C=O) groups excluding carboxylic acids is 1. The molecule has 114 valence electrons. The molecular weight excluding hydrogens is 282 g/mol. The third kappa shape index (κ3) is 2.21. The lowest BCUT2D eigenvalue weighted by atomic mass is 9.88. The summed E-state index contributed by atoms with van der Waals surface area (Å²) in [5.41, 5.74) is 3.00. The summed E-state index contributed by atoms with van der Waals surface area (Å²) >= 11 is 1.62. The van der Waals surface area contributed by atoms with Gasteiger partial charge in [0, 0.05) is 19.0 Å². The van der Waals surface area contributed by atoms with Gasteiger partial charge in [-0.2, -0.15) is 0 Å². The Morgan fingerprint density at radius 3 is 3.10 bits per heavy atom. The van der Waals surface area contributed by atoms with E-state index >= 15 is 0 Å². The minimum Gasteiger partial charge on any atom is -0.337 e. The Hall–Kier alpha value is -0.940. The molecule has 2 aliphatic carbocycles. The van der Waals surface area contributed by atoms with Crippen LogP contribution < -0.4 is 5.32 Å². The second-order valence-corrected chi connectivity index (χ2v) is 7.65. The average molecular weight is 305 g/mol. The molecule has 21 heavy (non-hydrogen) atoms. The molecule has 3 aliphatic rings. The maximum Gasteiger partial charge on any atom is 0.245 e. The Morgan fingerprint density at radius 2 is 2.29 bits per heavy atom. The second kappa shape index (κ2) is 5.36. The van der Waals surface area contributed by atoms with Crippen LogP contribution in [0.25, 0.3) is 0 Å². The summed E-state index contributed by atoms with van der Waals surface area (Å²) in [6.45, 7) is 0.849. The summed E-state index contributed by atoms with van der Waals surface area (Å²) in [5.74, 6) is 1.89. The van der Waals surface area contributed by atoms with Crippen LogP contribution in [0.5, 0.6) is 0 Å². The number of carbonyl (C=O) groups is 1. The van der Waals surface area contributed by atoms with Gasteiger partial charge in [0.1, 0.15) is 6.04 Å². The zero-order chi connectivity index (χ0) is 14.4. The van der Waals surface area contributed by atoms with Gasteiger partial charge in [0.05, 0.1) is 16.1 Å². The number of hydrogen-bond donors (Lipinski definition) is 1. The molecule has 2 heterocycles. The fourth-order valence-electron chi connectivity index (χ4n) is 4.71. The minimum absolute atomic E-state index is 0.185. The largest absolute Gasteiger partial charge is 0.337 e. The van der Waals surface area contributed by atoms with E-state index in [1.807, 2.05) is 12.6 Å². The minimum atomic E-state index is -0.185. The van der Waals surface area contributed by atoms with Crippen molar-refractivity contribution in [3.63, 3.8) is 0 Å². The topological polar surface area (TPSA) is 45.2 Å². The summed E-state index contributed by atoms with van der Waals surface area (Å²) in [7, 11) is 1.89. The molecule has 2 fully saturated rings. The Balaban J connectivity index is 1.62. The van der Waals surface area contributed by atoms with Gasteiger partial charge < -0.3 is 10.2 Å². The van der Waals surface area contributed by atoms with E-state index in [1.165, 1.54) is 32.1 Å². The summed E-state index contributed by atoms with van der Waals surface area (Å²) in [6.07, 6.45) is 7.54. The van der Waals surface area contributed by atoms with Crippen molar-refractivity contribution in [1.82, 2.24) is 15.2 Å². The Labute approximate surface area is 129 Å². The van der Waals surface area contributed by atoms with Gasteiger partial charge in [-0.3, -0.25) is 4.79 Å². The van der Waals surface area contributed by atoms with Crippen molar-refractivity contribution in [2.24, 2.45) is 11.8 Å². The SMILES string of the molecule is CNC1C(=O)N(C2CC3CCCC2C3)CCc2ncsc21. The predicted octanol–water partition coefficient (Wildman–Crippen LogP) is 2.37. The summed E-state index contributed by atoms with van der Waals surface area (Å²) < 4.78 is 0. The molecule has 1 aromatic rings. The number of aromatic nitrogens is 1. The van der Waals surface area contributed by atoms with E-state index in [1.54, 1.807) is 11.3 Å². The van der Waals surface area contributed by atoms with Crippen LogP contribution in [0.2, 0.25) is 0 Å². The number of likely N-dealkylation sites (N-methyl/N-ethyl adjacent to an activating group) is 1. The number of nitrogens with one attached hydrogen (secondary N) is 1. The van der Waals surface area contributed by atoms with Crippen molar-refractivity contribution in [3.8, 4) is 0 Å². The van der Waals surface area contributed by atoms with Gasteiger partial charge in [-0.05, 0) is 38.1 Å². The predicted molar refractivity (Wildman–Crippen MR) is 83.2 cm³/mol. The number of nitrogens with zero attached hydrogens (tertiary/aromatic N) is 2. The maximum absolute atomic E-state index is 13.1. The molecule has 4 atom stereocenters. The molecule has 1 N–H and O–H groups in total. The van der Waals surface area contributed by atoms with E-state index in [2.05, 4.69) is 15.2 Å². The molecule has 0 aromatic carbocycles. The Morgan fingerprint density at radius 1 is 1.38 bits per heavy atom. The van der Waals surface area contributed by atoms with Gasteiger partial charge in [-0.15, -0.1) is 11.3 Å². The van der Waals surface area contributed by atoms with Crippen LogP contribution in [0.3, 0.4) is 0 Å². The van der Waals surface area contributed by atoms with Crippen LogP contribution in [0.15, 0.2) is 5.51 Å². The summed E-state index contributed by atoms with van der Waals surface area (Å²) in [5, 5.41) is 3.23. The van der Waals surface area contributed by atoms with Crippen molar-refractivity contribution in [2.75, 3.05) is 13.6 Å². The fraction of sp³-hybridized carbons (Fsp3) is 0.750. The number of amides is 1. The normalized spacial score (nSPS) is 35.7. The van der Waals surface area contributed by atoms with Crippen molar-refractivity contribution >= 4 is 17.2 Å². The molecule has 4 unspecified atom stereocenters. The lowest BCUT2D eigenvalue weighted by Gasteiger charge is -2.33. The summed E-state index contributed by atoms with van der Waals surface area (Å²) in [6, 6.07) is 0.297. The first-order valence-corrected chi connectivity index (χ1v) is 9.06. The van der Waals surface area contributed by atoms with Crippen molar-refractivity contribution in [1.29, 1.82) is 0 Å². The first-order valence-electron chi connectivity index (χ1n) is 8.18. The fourth-order valence-corrected chi connectivity index (χ4v) is 5.65. The van der Waals surface area contributed by atoms with Crippen LogP contribution in [0.1, 0.15) is 48.7 Å². The second-order valence-electron chi connectivity index (χ2n) is 6.76. The lowest BCUT2D eigenvalue weighted by molar-refractivity contribution is -0.136. The van der Waals surface area contributed by atoms with Crippen LogP contribution in [0, 0.1) is 11.8 Å². The highest BCUT2D eigenvalue weighted by molar-refractivity contribution is 7.10. The highest BCUT2D eigenvalue weighted by Crippen LogP contribution is 2.45. The third-order valence-corrected chi connectivity index (χ3v) is 6.62. The lowest BCUT2D eigenvalue weighted by Crippen LogP contribution is -2.46. The Bertz CT molecular complexity index is 543. The zero-order valence-corrected chi connectivity index (χ0v) is 13.4. The highest BCUT2D eigenvalue weighted by atomic mass is 32.1.